The summed E-state index contributed by atoms with van der Waals surface area (Å²) >= 11 is 0. The monoisotopic (exact) mass is 250 g/mol. The van der Waals surface area contributed by atoms with E-state index in [0.29, 0.717) is 5.41 Å². The third kappa shape index (κ3) is 3.84. The van der Waals surface area contributed by atoms with Crippen molar-refractivity contribution in [1.29, 1.82) is 0 Å². The first-order valence-electron chi connectivity index (χ1n) is 7.31. The fraction of sp³-hybridized carbons (Fsp3) is 0.800. The van der Waals surface area contributed by atoms with Crippen molar-refractivity contribution in [1.82, 2.24) is 9.78 Å². The van der Waals surface area contributed by atoms with Crippen LogP contribution in [0.2, 0.25) is 0 Å². The molecule has 1 fully saturated rings. The number of aromatic nitrogens is 2. The predicted molar refractivity (Wildman–Crippen MR) is 73.5 cm³/mol. The number of rotatable bonds is 5. The van der Waals surface area contributed by atoms with Crippen molar-refractivity contribution in [3.05, 3.63) is 18.5 Å². The molecular weight excluding hydrogens is 224 g/mol. The van der Waals surface area contributed by atoms with Gasteiger partial charge in [-0.2, -0.15) is 5.10 Å². The van der Waals surface area contributed by atoms with Gasteiger partial charge < -0.3 is 4.74 Å². The highest BCUT2D eigenvalue weighted by Gasteiger charge is 2.30. The first kappa shape index (κ1) is 13.6. The predicted octanol–water partition coefficient (Wildman–Crippen LogP) is 3.65. The van der Waals surface area contributed by atoms with Crippen LogP contribution in [0.15, 0.2) is 18.5 Å². The van der Waals surface area contributed by atoms with E-state index < -0.39 is 0 Å². The fourth-order valence-electron chi connectivity index (χ4n) is 3.20. The van der Waals surface area contributed by atoms with Crippen molar-refractivity contribution in [3.8, 4) is 0 Å². The second kappa shape index (κ2) is 6.93. The lowest BCUT2D eigenvalue weighted by Crippen LogP contribution is -2.29. The quantitative estimate of drug-likeness (QED) is 0.797. The maximum Gasteiger partial charge on any atom is 0.0489 e. The molecule has 1 aromatic rings. The molecule has 0 saturated heterocycles. The lowest BCUT2D eigenvalue weighted by atomic mass is 9.74. The van der Waals surface area contributed by atoms with Crippen LogP contribution in [-0.2, 0) is 11.3 Å². The van der Waals surface area contributed by atoms with Crippen molar-refractivity contribution in [2.45, 2.75) is 57.9 Å². The highest BCUT2D eigenvalue weighted by atomic mass is 16.5. The van der Waals surface area contributed by atoms with Crippen molar-refractivity contribution >= 4 is 0 Å². The zero-order valence-corrected chi connectivity index (χ0v) is 11.6. The largest absolute Gasteiger partial charge is 0.385 e. The molecule has 2 rings (SSSR count). The zero-order chi connectivity index (χ0) is 12.7. The number of ether oxygens (including phenoxy) is 1. The zero-order valence-electron chi connectivity index (χ0n) is 11.6. The van der Waals surface area contributed by atoms with Crippen LogP contribution in [0.1, 0.15) is 51.4 Å². The van der Waals surface area contributed by atoms with Crippen LogP contribution in [0.3, 0.4) is 0 Å². The Labute approximate surface area is 111 Å². The minimum absolute atomic E-state index is 0.405. The first-order chi connectivity index (χ1) is 8.85. The Kier molecular flexibility index (Phi) is 5.24. The molecule has 0 atom stereocenters. The van der Waals surface area contributed by atoms with E-state index in [4.69, 9.17) is 4.74 Å². The van der Waals surface area contributed by atoms with Crippen LogP contribution >= 0.6 is 0 Å². The lowest BCUT2D eigenvalue weighted by Gasteiger charge is -2.35. The van der Waals surface area contributed by atoms with Gasteiger partial charge in [-0.05, 0) is 30.7 Å². The van der Waals surface area contributed by atoms with Crippen LogP contribution in [0, 0.1) is 5.41 Å². The standard InChI is InChI=1S/C15H26N2O/c1-18-13-10-15(14-17-12-7-11-16-17)8-5-3-2-4-6-9-15/h7,11-12H,2-6,8-10,13-14H2,1H3. The van der Waals surface area contributed by atoms with Gasteiger partial charge in [-0.3, -0.25) is 4.68 Å². The summed E-state index contributed by atoms with van der Waals surface area (Å²) in [6.45, 7) is 1.94. The van der Waals surface area contributed by atoms with Gasteiger partial charge in [0.05, 0.1) is 0 Å². The molecule has 3 nitrogen and oxygen atoms in total. The van der Waals surface area contributed by atoms with Crippen LogP contribution in [-0.4, -0.2) is 23.5 Å². The van der Waals surface area contributed by atoms with Gasteiger partial charge in [0.25, 0.3) is 0 Å². The molecule has 0 aromatic carbocycles. The summed E-state index contributed by atoms with van der Waals surface area (Å²) in [5, 5.41) is 4.39. The van der Waals surface area contributed by atoms with Gasteiger partial charge in [-0.15, -0.1) is 0 Å². The highest BCUT2D eigenvalue weighted by Crippen LogP contribution is 2.38. The molecule has 1 aliphatic rings. The Balaban J connectivity index is 2.04. The lowest BCUT2D eigenvalue weighted by molar-refractivity contribution is 0.0929. The Bertz CT molecular complexity index is 308. The van der Waals surface area contributed by atoms with E-state index in [1.165, 1.54) is 51.4 Å². The van der Waals surface area contributed by atoms with Crippen LogP contribution in [0.25, 0.3) is 0 Å². The molecule has 1 heterocycles. The van der Waals surface area contributed by atoms with E-state index in [1.807, 2.05) is 19.4 Å². The Morgan fingerprint density at radius 1 is 1.17 bits per heavy atom. The normalized spacial score (nSPS) is 20.3. The smallest absolute Gasteiger partial charge is 0.0489 e. The van der Waals surface area contributed by atoms with E-state index >= 15 is 0 Å². The molecule has 0 amide bonds. The summed E-state index contributed by atoms with van der Waals surface area (Å²) in [6, 6.07) is 2.02. The summed E-state index contributed by atoms with van der Waals surface area (Å²) in [5.41, 5.74) is 0.405. The second-order valence-electron chi connectivity index (χ2n) is 5.71. The molecule has 1 aromatic heterocycles. The van der Waals surface area contributed by atoms with Gasteiger partial charge >= 0.3 is 0 Å². The first-order valence-corrected chi connectivity index (χ1v) is 7.31. The molecule has 0 radical (unpaired) electrons. The van der Waals surface area contributed by atoms with Crippen molar-refractivity contribution < 1.29 is 4.74 Å². The van der Waals surface area contributed by atoms with Gasteiger partial charge in [0, 0.05) is 32.7 Å². The number of methoxy groups -OCH3 is 1. The summed E-state index contributed by atoms with van der Waals surface area (Å²) < 4.78 is 7.44. The molecule has 3 heteroatoms. The van der Waals surface area contributed by atoms with Crippen molar-refractivity contribution in [2.75, 3.05) is 13.7 Å². The van der Waals surface area contributed by atoms with Crippen molar-refractivity contribution in [2.24, 2.45) is 5.41 Å². The van der Waals surface area contributed by atoms with Crippen LogP contribution < -0.4 is 0 Å². The number of nitrogens with zero attached hydrogens (tertiary/aromatic N) is 2. The molecule has 0 N–H and O–H groups in total. The van der Waals surface area contributed by atoms with Crippen LogP contribution in [0.4, 0.5) is 0 Å². The average Bonchev–Trinajstić information content (AvgIpc) is 2.84. The van der Waals surface area contributed by atoms with Gasteiger partial charge in [-0.25, -0.2) is 0 Å². The fourth-order valence-corrected chi connectivity index (χ4v) is 3.20. The third-order valence-corrected chi connectivity index (χ3v) is 4.31. The summed E-state index contributed by atoms with van der Waals surface area (Å²) in [5.74, 6) is 0. The molecule has 18 heavy (non-hydrogen) atoms. The molecule has 0 spiro atoms. The van der Waals surface area contributed by atoms with Gasteiger partial charge in [-0.1, -0.05) is 32.1 Å². The Morgan fingerprint density at radius 3 is 2.50 bits per heavy atom. The van der Waals surface area contributed by atoms with E-state index in [-0.39, 0.29) is 0 Å². The minimum Gasteiger partial charge on any atom is -0.385 e. The molecule has 0 bridgehead atoms. The van der Waals surface area contributed by atoms with E-state index in [0.717, 1.165) is 13.2 Å². The Morgan fingerprint density at radius 2 is 1.89 bits per heavy atom. The van der Waals surface area contributed by atoms with Gasteiger partial charge in [0.1, 0.15) is 0 Å². The van der Waals surface area contributed by atoms with Gasteiger partial charge in [0.15, 0.2) is 0 Å². The molecule has 1 aliphatic carbocycles. The minimum atomic E-state index is 0.405. The molecular formula is C15H26N2O. The molecule has 102 valence electrons. The topological polar surface area (TPSA) is 27.1 Å². The van der Waals surface area contributed by atoms with Crippen molar-refractivity contribution in [3.63, 3.8) is 0 Å². The summed E-state index contributed by atoms with van der Waals surface area (Å²) in [4.78, 5) is 0. The van der Waals surface area contributed by atoms with E-state index in [2.05, 4.69) is 16.0 Å². The summed E-state index contributed by atoms with van der Waals surface area (Å²) in [6.07, 6.45) is 14.7. The molecule has 1 saturated carbocycles. The SMILES string of the molecule is COCCC1(Cn2cccn2)CCCCCCC1. The maximum atomic E-state index is 5.33. The van der Waals surface area contributed by atoms with Crippen LogP contribution in [0.5, 0.6) is 0 Å². The highest BCUT2D eigenvalue weighted by molar-refractivity contribution is 4.85. The number of hydrogen-bond acceptors (Lipinski definition) is 2. The third-order valence-electron chi connectivity index (χ3n) is 4.31. The van der Waals surface area contributed by atoms with E-state index in [1.54, 1.807) is 0 Å². The second-order valence-corrected chi connectivity index (χ2v) is 5.71. The van der Waals surface area contributed by atoms with Gasteiger partial charge in [0.2, 0.25) is 0 Å². The average molecular weight is 250 g/mol. The molecule has 0 unspecified atom stereocenters. The molecule has 0 aliphatic heterocycles. The van der Waals surface area contributed by atoms with E-state index in [9.17, 15) is 0 Å². The maximum absolute atomic E-state index is 5.33. The Hall–Kier alpha value is -0.830. The number of hydrogen-bond donors (Lipinski definition) is 0. The summed E-state index contributed by atoms with van der Waals surface area (Å²) in [7, 11) is 1.81.